The van der Waals surface area contributed by atoms with Gasteiger partial charge in [0, 0.05) is 7.05 Å². The molecule has 168 valence electrons. The fourth-order valence-corrected chi connectivity index (χ4v) is 3.99. The van der Waals surface area contributed by atoms with Gasteiger partial charge in [-0.2, -0.15) is 0 Å². The molecule has 0 atom stereocenters. The Labute approximate surface area is 188 Å². The lowest BCUT2D eigenvalue weighted by molar-refractivity contribution is -0.139. The fraction of sp³-hybridized carbons (Fsp3) is 0.417. The zero-order valence-corrected chi connectivity index (χ0v) is 19.5. The standard InChI is InChI=1S/C24H29BN2O5/c1-23(2)24(3,4)32-25(31-23)18-11-12-19-20(14-18)27(22(29)26(19)5)15-17-10-8-7-9-16(17)13-21(28)30-6/h7-12,14H,13,15H2,1-6H3. The maximum absolute atomic E-state index is 13.1. The van der Waals surface area contributed by atoms with Crippen molar-refractivity contribution in [2.75, 3.05) is 7.11 Å². The number of nitrogens with zero attached hydrogens (tertiary/aromatic N) is 2. The Bertz CT molecular complexity index is 1220. The Kier molecular flexibility index (Phi) is 5.55. The van der Waals surface area contributed by atoms with Gasteiger partial charge in [-0.05, 0) is 56.4 Å². The van der Waals surface area contributed by atoms with Gasteiger partial charge in [-0.3, -0.25) is 13.9 Å². The number of carbonyl (C=O) groups is 1. The molecule has 2 heterocycles. The Hall–Kier alpha value is -2.84. The van der Waals surface area contributed by atoms with E-state index in [1.807, 2.05) is 70.2 Å². The van der Waals surface area contributed by atoms with Gasteiger partial charge in [0.2, 0.25) is 0 Å². The van der Waals surface area contributed by atoms with Crippen LogP contribution in [0.15, 0.2) is 47.3 Å². The molecule has 0 N–H and O–H groups in total. The molecule has 0 unspecified atom stereocenters. The lowest BCUT2D eigenvalue weighted by atomic mass is 9.79. The molecule has 32 heavy (non-hydrogen) atoms. The quantitative estimate of drug-likeness (QED) is 0.454. The van der Waals surface area contributed by atoms with Crippen molar-refractivity contribution in [3.05, 3.63) is 64.1 Å². The number of methoxy groups -OCH3 is 1. The molecule has 3 aromatic rings. The highest BCUT2D eigenvalue weighted by Crippen LogP contribution is 2.36. The van der Waals surface area contributed by atoms with Crippen LogP contribution < -0.4 is 11.2 Å². The summed E-state index contributed by atoms with van der Waals surface area (Å²) in [6.45, 7) is 8.41. The van der Waals surface area contributed by atoms with E-state index in [4.69, 9.17) is 14.0 Å². The summed E-state index contributed by atoms with van der Waals surface area (Å²) in [7, 11) is 2.62. The summed E-state index contributed by atoms with van der Waals surface area (Å²) in [5, 5.41) is 0. The molecular weight excluding hydrogens is 407 g/mol. The van der Waals surface area contributed by atoms with Crippen molar-refractivity contribution in [3.8, 4) is 0 Å². The number of rotatable bonds is 5. The second-order valence-electron chi connectivity index (χ2n) is 9.29. The summed E-state index contributed by atoms with van der Waals surface area (Å²) in [6, 6.07) is 13.4. The summed E-state index contributed by atoms with van der Waals surface area (Å²) in [6.07, 6.45) is 0.158. The summed E-state index contributed by atoms with van der Waals surface area (Å²) in [4.78, 5) is 24.9. The third-order valence-corrected chi connectivity index (χ3v) is 6.70. The molecule has 1 saturated heterocycles. The summed E-state index contributed by atoms with van der Waals surface area (Å²) < 4.78 is 20.6. The molecule has 4 rings (SSSR count). The molecule has 1 aliphatic heterocycles. The first-order chi connectivity index (χ1) is 15.0. The zero-order valence-electron chi connectivity index (χ0n) is 19.5. The van der Waals surface area contributed by atoms with Crippen molar-refractivity contribution in [1.82, 2.24) is 9.13 Å². The van der Waals surface area contributed by atoms with Gasteiger partial charge in [0.05, 0.1) is 42.3 Å². The lowest BCUT2D eigenvalue weighted by Gasteiger charge is -2.32. The first-order valence-electron chi connectivity index (χ1n) is 10.7. The average molecular weight is 436 g/mol. The molecule has 1 aliphatic rings. The second-order valence-corrected chi connectivity index (χ2v) is 9.29. The lowest BCUT2D eigenvalue weighted by Crippen LogP contribution is -2.41. The number of imidazole rings is 1. The molecular formula is C24H29BN2O5. The van der Waals surface area contributed by atoms with Crippen LogP contribution in [0.1, 0.15) is 38.8 Å². The number of aromatic nitrogens is 2. The molecule has 0 spiro atoms. The summed E-state index contributed by atoms with van der Waals surface area (Å²) in [5.74, 6) is -0.314. The first kappa shape index (κ1) is 22.4. The van der Waals surface area contributed by atoms with E-state index in [0.29, 0.717) is 6.54 Å². The van der Waals surface area contributed by atoms with Crippen molar-refractivity contribution < 1.29 is 18.8 Å². The Morgan fingerprint density at radius 3 is 2.25 bits per heavy atom. The van der Waals surface area contributed by atoms with E-state index in [0.717, 1.165) is 27.6 Å². The minimum absolute atomic E-state index is 0.126. The van der Waals surface area contributed by atoms with Crippen LogP contribution in [0, 0.1) is 0 Å². The molecule has 0 bridgehead atoms. The van der Waals surface area contributed by atoms with E-state index in [2.05, 4.69) is 0 Å². The van der Waals surface area contributed by atoms with Crippen LogP contribution in [0.3, 0.4) is 0 Å². The normalized spacial score (nSPS) is 17.1. The maximum Gasteiger partial charge on any atom is 0.494 e. The highest BCUT2D eigenvalue weighted by Gasteiger charge is 2.51. The van der Waals surface area contributed by atoms with Gasteiger partial charge < -0.3 is 14.0 Å². The van der Waals surface area contributed by atoms with Crippen molar-refractivity contribution in [3.63, 3.8) is 0 Å². The van der Waals surface area contributed by atoms with Gasteiger partial charge in [-0.1, -0.05) is 30.3 Å². The Balaban J connectivity index is 1.75. The number of carbonyl (C=O) groups excluding carboxylic acids is 1. The van der Waals surface area contributed by atoms with Gasteiger partial charge >= 0.3 is 18.8 Å². The van der Waals surface area contributed by atoms with Gasteiger partial charge in [-0.25, -0.2) is 4.79 Å². The molecule has 1 aromatic heterocycles. The number of hydrogen-bond donors (Lipinski definition) is 0. The average Bonchev–Trinajstić information content (AvgIpc) is 3.12. The Morgan fingerprint density at radius 2 is 1.62 bits per heavy atom. The highest BCUT2D eigenvalue weighted by atomic mass is 16.7. The van der Waals surface area contributed by atoms with Crippen LogP contribution in [-0.4, -0.2) is 40.5 Å². The largest absolute Gasteiger partial charge is 0.494 e. The minimum Gasteiger partial charge on any atom is -0.469 e. The minimum atomic E-state index is -0.514. The van der Waals surface area contributed by atoms with Gasteiger partial charge in [0.1, 0.15) is 0 Å². The monoisotopic (exact) mass is 436 g/mol. The molecule has 1 fully saturated rings. The zero-order chi connectivity index (χ0) is 23.3. The van der Waals surface area contributed by atoms with Gasteiger partial charge in [-0.15, -0.1) is 0 Å². The number of ether oxygens (including phenoxy) is 1. The van der Waals surface area contributed by atoms with Crippen LogP contribution in [0.25, 0.3) is 11.0 Å². The fourth-order valence-electron chi connectivity index (χ4n) is 3.99. The SMILES string of the molecule is COC(=O)Cc1ccccc1Cn1c(=O)n(C)c2ccc(B3OC(C)(C)C(C)(C)O3)cc21. The first-order valence-corrected chi connectivity index (χ1v) is 10.7. The summed E-state index contributed by atoms with van der Waals surface area (Å²) >= 11 is 0. The highest BCUT2D eigenvalue weighted by molar-refractivity contribution is 6.62. The molecule has 0 aliphatic carbocycles. The Morgan fingerprint density at radius 1 is 1.00 bits per heavy atom. The number of hydrogen-bond acceptors (Lipinski definition) is 5. The smallest absolute Gasteiger partial charge is 0.469 e. The topological polar surface area (TPSA) is 71.7 Å². The molecule has 0 amide bonds. The van der Waals surface area contributed by atoms with Gasteiger partial charge in [0.25, 0.3) is 0 Å². The van der Waals surface area contributed by atoms with E-state index >= 15 is 0 Å². The van der Waals surface area contributed by atoms with E-state index < -0.39 is 18.3 Å². The van der Waals surface area contributed by atoms with Crippen molar-refractivity contribution in [2.24, 2.45) is 7.05 Å². The number of aryl methyl sites for hydroxylation is 1. The predicted octanol–water partition coefficient (Wildman–Crippen LogP) is 2.40. The molecule has 0 radical (unpaired) electrons. The van der Waals surface area contributed by atoms with Crippen LogP contribution in [-0.2, 0) is 38.9 Å². The predicted molar refractivity (Wildman–Crippen MR) is 124 cm³/mol. The van der Waals surface area contributed by atoms with E-state index in [1.165, 1.54) is 7.11 Å². The third kappa shape index (κ3) is 3.78. The second kappa shape index (κ2) is 7.94. The van der Waals surface area contributed by atoms with E-state index in [-0.39, 0.29) is 18.1 Å². The summed E-state index contributed by atoms with van der Waals surface area (Å²) in [5.41, 5.74) is 3.18. The molecule has 7 nitrogen and oxygen atoms in total. The third-order valence-electron chi connectivity index (χ3n) is 6.70. The van der Waals surface area contributed by atoms with E-state index in [1.54, 1.807) is 16.2 Å². The number of esters is 1. The van der Waals surface area contributed by atoms with Crippen molar-refractivity contribution in [2.45, 2.75) is 51.9 Å². The van der Waals surface area contributed by atoms with Crippen molar-refractivity contribution in [1.29, 1.82) is 0 Å². The molecule has 2 aromatic carbocycles. The van der Waals surface area contributed by atoms with E-state index in [9.17, 15) is 9.59 Å². The van der Waals surface area contributed by atoms with Gasteiger partial charge in [0.15, 0.2) is 0 Å². The van der Waals surface area contributed by atoms with Crippen LogP contribution in [0.5, 0.6) is 0 Å². The van der Waals surface area contributed by atoms with Crippen molar-refractivity contribution >= 4 is 29.6 Å². The van der Waals surface area contributed by atoms with Crippen LogP contribution in [0.2, 0.25) is 0 Å². The van der Waals surface area contributed by atoms with Crippen LogP contribution >= 0.6 is 0 Å². The number of benzene rings is 2. The molecule has 8 heteroatoms. The maximum atomic E-state index is 13.1. The van der Waals surface area contributed by atoms with Crippen LogP contribution in [0.4, 0.5) is 0 Å². The number of fused-ring (bicyclic) bond motifs is 1. The molecule has 0 saturated carbocycles.